The average molecular weight is 311 g/mol. The second-order valence-electron chi connectivity index (χ2n) is 7.43. The molecule has 2 N–H and O–H groups in total. The first-order valence-corrected chi connectivity index (χ1v) is 8.53. The lowest BCUT2D eigenvalue weighted by molar-refractivity contribution is -0.176. The lowest BCUT2D eigenvalue weighted by atomic mass is 9.56. The molecule has 2 aliphatic carbocycles. The molecule has 2 rings (SSSR count). The van der Waals surface area contributed by atoms with E-state index in [4.69, 9.17) is 9.47 Å². The fraction of sp³-hybridized carbons (Fsp3) is 0.941. The van der Waals surface area contributed by atoms with Gasteiger partial charge in [0.25, 0.3) is 0 Å². The van der Waals surface area contributed by atoms with Crippen LogP contribution in [0.2, 0.25) is 0 Å². The maximum absolute atomic E-state index is 5.67. The normalized spacial score (nSPS) is 30.8. The van der Waals surface area contributed by atoms with Crippen LogP contribution in [0.3, 0.4) is 0 Å². The molecule has 22 heavy (non-hydrogen) atoms. The number of aliphatic imine (C=N–C) groups is 1. The van der Waals surface area contributed by atoms with E-state index in [0.717, 1.165) is 44.5 Å². The Morgan fingerprint density at radius 3 is 2.55 bits per heavy atom. The number of rotatable bonds is 8. The topological polar surface area (TPSA) is 54.9 Å². The van der Waals surface area contributed by atoms with E-state index in [1.165, 1.54) is 12.8 Å². The number of nitrogens with one attached hydrogen (secondary N) is 2. The Hall–Kier alpha value is -0.810. The molecule has 5 nitrogen and oxygen atoms in total. The van der Waals surface area contributed by atoms with Gasteiger partial charge < -0.3 is 20.1 Å². The summed E-state index contributed by atoms with van der Waals surface area (Å²) < 4.78 is 11.3. The molecule has 2 unspecified atom stereocenters. The molecule has 2 saturated carbocycles. The quantitative estimate of drug-likeness (QED) is 0.410. The zero-order valence-corrected chi connectivity index (χ0v) is 14.9. The Morgan fingerprint density at radius 2 is 2.00 bits per heavy atom. The Kier molecular flexibility index (Phi) is 5.72. The van der Waals surface area contributed by atoms with Gasteiger partial charge in [0.2, 0.25) is 0 Å². The first-order valence-electron chi connectivity index (χ1n) is 8.53. The summed E-state index contributed by atoms with van der Waals surface area (Å²) in [6, 6.07) is 0.384. The molecule has 0 aliphatic heterocycles. The molecule has 0 radical (unpaired) electrons. The van der Waals surface area contributed by atoms with Crippen LogP contribution in [0.15, 0.2) is 4.99 Å². The lowest BCUT2D eigenvalue weighted by Crippen LogP contribution is -2.69. The Labute approximate surface area is 135 Å². The third-order valence-electron chi connectivity index (χ3n) is 5.62. The predicted molar refractivity (Wildman–Crippen MR) is 90.3 cm³/mol. The Balaban J connectivity index is 1.63. The predicted octanol–water partition coefficient (Wildman–Crippen LogP) is 2.17. The van der Waals surface area contributed by atoms with Gasteiger partial charge in [-0.25, -0.2) is 0 Å². The highest BCUT2D eigenvalue weighted by atomic mass is 16.5. The molecule has 0 heterocycles. The molecule has 2 atom stereocenters. The van der Waals surface area contributed by atoms with E-state index >= 15 is 0 Å². The molecule has 128 valence electrons. The highest BCUT2D eigenvalue weighted by molar-refractivity contribution is 5.80. The van der Waals surface area contributed by atoms with E-state index < -0.39 is 0 Å². The molecular weight excluding hydrogens is 278 g/mol. The van der Waals surface area contributed by atoms with E-state index in [9.17, 15) is 0 Å². The average Bonchev–Trinajstić information content (AvgIpc) is 3.32. The molecule has 0 saturated heterocycles. The summed E-state index contributed by atoms with van der Waals surface area (Å²) in [6.07, 6.45) is 4.72. The monoisotopic (exact) mass is 311 g/mol. The van der Waals surface area contributed by atoms with Crippen molar-refractivity contribution in [2.45, 2.75) is 58.1 Å². The van der Waals surface area contributed by atoms with Crippen LogP contribution < -0.4 is 10.6 Å². The van der Waals surface area contributed by atoms with Crippen molar-refractivity contribution in [1.29, 1.82) is 0 Å². The van der Waals surface area contributed by atoms with E-state index in [1.54, 1.807) is 7.11 Å². The molecule has 0 spiro atoms. The van der Waals surface area contributed by atoms with Crippen LogP contribution in [0.4, 0.5) is 0 Å². The van der Waals surface area contributed by atoms with Gasteiger partial charge in [-0.05, 0) is 38.5 Å². The highest BCUT2D eigenvalue weighted by Crippen LogP contribution is 2.51. The molecular formula is C17H33N3O2. The summed E-state index contributed by atoms with van der Waals surface area (Å²) in [7, 11) is 3.62. The number of methoxy groups -OCH3 is 1. The summed E-state index contributed by atoms with van der Waals surface area (Å²) in [5.41, 5.74) is 0.0346. The van der Waals surface area contributed by atoms with Gasteiger partial charge >= 0.3 is 0 Å². The van der Waals surface area contributed by atoms with Crippen molar-refractivity contribution < 1.29 is 9.47 Å². The van der Waals surface area contributed by atoms with Gasteiger partial charge in [-0.2, -0.15) is 0 Å². The van der Waals surface area contributed by atoms with Crippen LogP contribution in [0.1, 0.15) is 46.5 Å². The van der Waals surface area contributed by atoms with Gasteiger partial charge in [0.1, 0.15) is 0 Å². The van der Waals surface area contributed by atoms with Gasteiger partial charge in [0, 0.05) is 45.4 Å². The number of ether oxygens (including phenoxy) is 2. The molecule has 0 aromatic carbocycles. The molecule has 0 aromatic rings. The second-order valence-corrected chi connectivity index (χ2v) is 7.43. The Morgan fingerprint density at radius 1 is 1.27 bits per heavy atom. The fourth-order valence-corrected chi connectivity index (χ4v) is 3.00. The van der Waals surface area contributed by atoms with E-state index in [1.807, 2.05) is 7.05 Å². The van der Waals surface area contributed by atoms with Crippen molar-refractivity contribution in [2.75, 3.05) is 33.9 Å². The van der Waals surface area contributed by atoms with Crippen molar-refractivity contribution in [1.82, 2.24) is 10.6 Å². The zero-order valence-electron chi connectivity index (χ0n) is 14.9. The first-order chi connectivity index (χ1) is 10.4. The summed E-state index contributed by atoms with van der Waals surface area (Å²) in [5, 5.41) is 6.89. The SMILES string of the molecule is CN=C(NCCCOCC1CC1)NC1CC(C)(OC)C1(C)C. The minimum absolute atomic E-state index is 0.0554. The largest absolute Gasteiger partial charge is 0.381 e. The number of hydrogen-bond acceptors (Lipinski definition) is 3. The minimum atomic E-state index is -0.0554. The van der Waals surface area contributed by atoms with Crippen LogP contribution in [-0.4, -0.2) is 51.5 Å². The van der Waals surface area contributed by atoms with Crippen LogP contribution in [0.5, 0.6) is 0 Å². The second kappa shape index (κ2) is 7.18. The van der Waals surface area contributed by atoms with Crippen molar-refractivity contribution >= 4 is 5.96 Å². The van der Waals surface area contributed by atoms with Crippen LogP contribution in [-0.2, 0) is 9.47 Å². The van der Waals surface area contributed by atoms with Crippen LogP contribution in [0, 0.1) is 11.3 Å². The molecule has 2 aliphatic rings. The minimum Gasteiger partial charge on any atom is -0.381 e. The smallest absolute Gasteiger partial charge is 0.191 e. The molecule has 0 amide bonds. The third-order valence-corrected chi connectivity index (χ3v) is 5.62. The van der Waals surface area contributed by atoms with Gasteiger partial charge in [0.15, 0.2) is 5.96 Å². The first kappa shape index (κ1) is 17.5. The number of guanidine groups is 1. The van der Waals surface area contributed by atoms with Gasteiger partial charge in [-0.3, -0.25) is 4.99 Å². The van der Waals surface area contributed by atoms with Crippen molar-refractivity contribution in [3.63, 3.8) is 0 Å². The van der Waals surface area contributed by atoms with E-state index in [-0.39, 0.29) is 11.0 Å². The lowest BCUT2D eigenvalue weighted by Gasteiger charge is -2.59. The van der Waals surface area contributed by atoms with Gasteiger partial charge in [-0.1, -0.05) is 13.8 Å². The highest BCUT2D eigenvalue weighted by Gasteiger charge is 2.58. The fourth-order valence-electron chi connectivity index (χ4n) is 3.00. The number of nitrogens with zero attached hydrogens (tertiary/aromatic N) is 1. The maximum Gasteiger partial charge on any atom is 0.191 e. The zero-order chi connectivity index (χ0) is 16.2. The van der Waals surface area contributed by atoms with Crippen molar-refractivity contribution in [3.8, 4) is 0 Å². The summed E-state index contributed by atoms with van der Waals surface area (Å²) in [5.74, 6) is 1.72. The van der Waals surface area contributed by atoms with Gasteiger partial charge in [0.05, 0.1) is 5.60 Å². The summed E-state index contributed by atoms with van der Waals surface area (Å²) >= 11 is 0. The molecule has 2 fully saturated rings. The van der Waals surface area contributed by atoms with E-state index in [0.29, 0.717) is 6.04 Å². The summed E-state index contributed by atoms with van der Waals surface area (Å²) in [4.78, 5) is 4.32. The maximum atomic E-state index is 5.67. The van der Waals surface area contributed by atoms with E-state index in [2.05, 4.69) is 36.4 Å². The van der Waals surface area contributed by atoms with Gasteiger partial charge in [-0.15, -0.1) is 0 Å². The standard InChI is InChI=1S/C17H33N3O2/c1-16(2)14(11-17(16,3)21-5)20-15(18-4)19-9-6-10-22-12-13-7-8-13/h13-14H,6-12H2,1-5H3,(H2,18,19,20). The van der Waals surface area contributed by atoms with Crippen LogP contribution >= 0.6 is 0 Å². The van der Waals surface area contributed by atoms with Crippen molar-refractivity contribution in [3.05, 3.63) is 0 Å². The van der Waals surface area contributed by atoms with Crippen molar-refractivity contribution in [2.24, 2.45) is 16.3 Å². The summed E-state index contributed by atoms with van der Waals surface area (Å²) in [6.45, 7) is 9.33. The van der Waals surface area contributed by atoms with Crippen LogP contribution in [0.25, 0.3) is 0 Å². The third kappa shape index (κ3) is 3.93. The Bertz CT molecular complexity index is 393. The molecule has 0 bridgehead atoms. The molecule has 0 aromatic heterocycles. The molecule has 5 heteroatoms. The number of hydrogen-bond donors (Lipinski definition) is 2.